The van der Waals surface area contributed by atoms with Gasteiger partial charge in [-0.3, -0.25) is 5.43 Å². The van der Waals surface area contributed by atoms with E-state index in [4.69, 9.17) is 5.84 Å². The minimum atomic E-state index is -0.392. The molecular formula is C12H20FN5. The Morgan fingerprint density at radius 1 is 1.44 bits per heavy atom. The summed E-state index contributed by atoms with van der Waals surface area (Å²) >= 11 is 0. The van der Waals surface area contributed by atoms with Crippen LogP contribution in [0.5, 0.6) is 0 Å². The van der Waals surface area contributed by atoms with Crippen LogP contribution in [0.3, 0.4) is 0 Å². The summed E-state index contributed by atoms with van der Waals surface area (Å²) in [7, 11) is 0. The van der Waals surface area contributed by atoms with Crippen LogP contribution in [0.25, 0.3) is 0 Å². The van der Waals surface area contributed by atoms with Gasteiger partial charge in [0.2, 0.25) is 5.95 Å². The molecule has 0 saturated carbocycles. The fraction of sp³-hybridized carbons (Fsp3) is 0.667. The van der Waals surface area contributed by atoms with E-state index in [1.54, 1.807) is 0 Å². The lowest BCUT2D eigenvalue weighted by Gasteiger charge is -2.34. The number of hydrogen-bond acceptors (Lipinski definition) is 5. The van der Waals surface area contributed by atoms with E-state index in [2.05, 4.69) is 29.2 Å². The molecule has 0 amide bonds. The first-order chi connectivity index (χ1) is 8.61. The van der Waals surface area contributed by atoms with Gasteiger partial charge >= 0.3 is 0 Å². The first-order valence-electron chi connectivity index (χ1n) is 6.36. The van der Waals surface area contributed by atoms with Crippen molar-refractivity contribution in [2.24, 2.45) is 17.7 Å². The topological polar surface area (TPSA) is 67.1 Å². The highest BCUT2D eigenvalue weighted by atomic mass is 19.1. The quantitative estimate of drug-likeness (QED) is 0.635. The van der Waals surface area contributed by atoms with E-state index in [0.717, 1.165) is 38.0 Å². The molecule has 0 unspecified atom stereocenters. The molecule has 1 fully saturated rings. The highest BCUT2D eigenvalue weighted by Crippen LogP contribution is 2.28. The summed E-state index contributed by atoms with van der Waals surface area (Å²) in [5, 5.41) is 0. The molecule has 6 heteroatoms. The van der Waals surface area contributed by atoms with Crippen LogP contribution >= 0.6 is 0 Å². The highest BCUT2D eigenvalue weighted by Gasteiger charge is 2.24. The van der Waals surface area contributed by atoms with Crippen molar-refractivity contribution in [3.05, 3.63) is 12.0 Å². The van der Waals surface area contributed by atoms with E-state index in [-0.39, 0.29) is 5.95 Å². The fourth-order valence-corrected chi connectivity index (χ4v) is 2.43. The molecule has 1 aromatic heterocycles. The Bertz CT molecular complexity index is 401. The van der Waals surface area contributed by atoms with Gasteiger partial charge in [-0.25, -0.2) is 15.2 Å². The summed E-state index contributed by atoms with van der Waals surface area (Å²) in [5.74, 6) is 6.85. The van der Waals surface area contributed by atoms with E-state index in [1.165, 1.54) is 0 Å². The number of hydrazine groups is 1. The lowest BCUT2D eigenvalue weighted by atomic mass is 9.87. The fourth-order valence-electron chi connectivity index (χ4n) is 2.43. The number of nitrogens with one attached hydrogen (secondary N) is 1. The number of rotatable bonds is 3. The molecule has 0 aromatic carbocycles. The molecule has 100 valence electrons. The van der Waals surface area contributed by atoms with Gasteiger partial charge < -0.3 is 4.90 Å². The van der Waals surface area contributed by atoms with Crippen LogP contribution in [-0.2, 0) is 0 Å². The minimum Gasteiger partial charge on any atom is -0.354 e. The molecule has 1 aromatic rings. The summed E-state index contributed by atoms with van der Waals surface area (Å²) in [6.45, 7) is 6.14. The zero-order valence-corrected chi connectivity index (χ0v) is 10.9. The predicted molar refractivity (Wildman–Crippen MR) is 69.6 cm³/mol. The van der Waals surface area contributed by atoms with Gasteiger partial charge in [-0.1, -0.05) is 13.8 Å². The van der Waals surface area contributed by atoms with Crippen LogP contribution in [0.15, 0.2) is 6.20 Å². The molecule has 1 aliphatic heterocycles. The summed E-state index contributed by atoms with van der Waals surface area (Å²) in [6, 6.07) is 0. The molecule has 2 heterocycles. The molecular weight excluding hydrogens is 233 g/mol. The van der Waals surface area contributed by atoms with Crippen molar-refractivity contribution in [2.75, 3.05) is 23.4 Å². The number of halogens is 1. The van der Waals surface area contributed by atoms with Gasteiger partial charge in [0.05, 0.1) is 6.20 Å². The van der Waals surface area contributed by atoms with E-state index in [9.17, 15) is 4.39 Å². The van der Waals surface area contributed by atoms with Gasteiger partial charge in [0, 0.05) is 13.1 Å². The van der Waals surface area contributed by atoms with Crippen molar-refractivity contribution < 1.29 is 4.39 Å². The molecule has 5 nitrogen and oxygen atoms in total. The van der Waals surface area contributed by atoms with Crippen molar-refractivity contribution in [3.8, 4) is 0 Å². The van der Waals surface area contributed by atoms with Crippen molar-refractivity contribution in [1.29, 1.82) is 0 Å². The number of nitrogen functional groups attached to an aromatic ring is 1. The maximum Gasteiger partial charge on any atom is 0.239 e. The second-order valence-corrected chi connectivity index (χ2v) is 5.08. The largest absolute Gasteiger partial charge is 0.354 e. The molecule has 0 aliphatic carbocycles. The maximum absolute atomic E-state index is 13.7. The SMILES string of the molecule is CC(C)C1CCN(c2nc(NN)ncc2F)CC1. The first-order valence-corrected chi connectivity index (χ1v) is 6.36. The summed E-state index contributed by atoms with van der Waals surface area (Å²) in [5.41, 5.74) is 2.35. The summed E-state index contributed by atoms with van der Waals surface area (Å²) in [6.07, 6.45) is 3.31. The van der Waals surface area contributed by atoms with Crippen LogP contribution in [0, 0.1) is 17.7 Å². The van der Waals surface area contributed by atoms with E-state index in [1.807, 2.05) is 4.90 Å². The smallest absolute Gasteiger partial charge is 0.239 e. The summed E-state index contributed by atoms with van der Waals surface area (Å²) < 4.78 is 13.7. The molecule has 1 saturated heterocycles. The second-order valence-electron chi connectivity index (χ2n) is 5.08. The number of anilines is 2. The third-order valence-electron chi connectivity index (χ3n) is 3.64. The Balaban J connectivity index is 2.09. The van der Waals surface area contributed by atoms with Crippen molar-refractivity contribution in [2.45, 2.75) is 26.7 Å². The maximum atomic E-state index is 13.7. The Morgan fingerprint density at radius 2 is 2.11 bits per heavy atom. The van der Waals surface area contributed by atoms with E-state index in [0.29, 0.717) is 11.7 Å². The second kappa shape index (κ2) is 5.48. The molecule has 0 radical (unpaired) electrons. The zero-order chi connectivity index (χ0) is 13.1. The average molecular weight is 253 g/mol. The van der Waals surface area contributed by atoms with Crippen LogP contribution in [0.4, 0.5) is 16.2 Å². The molecule has 0 spiro atoms. The molecule has 1 aliphatic rings. The molecule has 0 bridgehead atoms. The molecule has 2 rings (SSSR count). The standard InChI is InChI=1S/C12H20FN5/c1-8(2)9-3-5-18(6-4-9)11-10(13)7-15-12(16-11)17-14/h7-9H,3-6,14H2,1-2H3,(H,15,16,17). The molecule has 0 atom stereocenters. The Labute approximate surface area is 107 Å². The van der Waals surface area contributed by atoms with Gasteiger partial charge in [0.1, 0.15) is 0 Å². The van der Waals surface area contributed by atoms with Gasteiger partial charge in [-0.2, -0.15) is 4.98 Å². The number of nitrogens with zero attached hydrogens (tertiary/aromatic N) is 3. The van der Waals surface area contributed by atoms with E-state index >= 15 is 0 Å². The van der Waals surface area contributed by atoms with Crippen molar-refractivity contribution in [1.82, 2.24) is 9.97 Å². The van der Waals surface area contributed by atoms with Gasteiger partial charge in [-0.05, 0) is 24.7 Å². The van der Waals surface area contributed by atoms with Crippen molar-refractivity contribution in [3.63, 3.8) is 0 Å². The summed E-state index contributed by atoms with van der Waals surface area (Å²) in [4.78, 5) is 9.80. The van der Waals surface area contributed by atoms with Crippen LogP contribution in [-0.4, -0.2) is 23.1 Å². The predicted octanol–water partition coefficient (Wildman–Crippen LogP) is 1.77. The monoisotopic (exact) mass is 253 g/mol. The van der Waals surface area contributed by atoms with Gasteiger partial charge in [-0.15, -0.1) is 0 Å². The number of hydrogen-bond donors (Lipinski definition) is 2. The number of aromatic nitrogens is 2. The number of piperidine rings is 1. The Hall–Kier alpha value is -1.43. The van der Waals surface area contributed by atoms with E-state index < -0.39 is 5.82 Å². The normalized spacial score (nSPS) is 17.3. The van der Waals surface area contributed by atoms with Crippen LogP contribution < -0.4 is 16.2 Å². The first kappa shape index (κ1) is 13.0. The Morgan fingerprint density at radius 3 is 2.67 bits per heavy atom. The van der Waals surface area contributed by atoms with Crippen molar-refractivity contribution >= 4 is 11.8 Å². The lowest BCUT2D eigenvalue weighted by molar-refractivity contribution is 0.309. The minimum absolute atomic E-state index is 0.248. The third-order valence-corrected chi connectivity index (χ3v) is 3.64. The number of nitrogens with two attached hydrogens (primary N) is 1. The average Bonchev–Trinajstić information content (AvgIpc) is 2.39. The lowest BCUT2D eigenvalue weighted by Crippen LogP contribution is -2.36. The van der Waals surface area contributed by atoms with Crippen LogP contribution in [0.1, 0.15) is 26.7 Å². The van der Waals surface area contributed by atoms with Crippen LogP contribution in [0.2, 0.25) is 0 Å². The van der Waals surface area contributed by atoms with Gasteiger partial charge in [0.25, 0.3) is 0 Å². The Kier molecular flexibility index (Phi) is 3.96. The van der Waals surface area contributed by atoms with Gasteiger partial charge in [0.15, 0.2) is 11.6 Å². The zero-order valence-electron chi connectivity index (χ0n) is 10.9. The molecule has 18 heavy (non-hydrogen) atoms. The molecule has 3 N–H and O–H groups in total. The highest BCUT2D eigenvalue weighted by molar-refractivity contribution is 5.43. The third kappa shape index (κ3) is 2.69.